The third kappa shape index (κ3) is 2.25. The Balaban J connectivity index is 2.04. The van der Waals surface area contributed by atoms with Crippen LogP contribution in [0.1, 0.15) is 31.7 Å². The Hall–Kier alpha value is -0.810. The van der Waals surface area contributed by atoms with E-state index in [4.69, 9.17) is 32.7 Å². The summed E-state index contributed by atoms with van der Waals surface area (Å²) >= 11 is 12.4. The highest BCUT2D eigenvalue weighted by Gasteiger charge is 2.56. The van der Waals surface area contributed by atoms with E-state index < -0.39 is 5.79 Å². The number of hydrogen-bond acceptors (Lipinski definition) is 3. The molecule has 0 bridgehead atoms. The van der Waals surface area contributed by atoms with Crippen LogP contribution in [0.3, 0.4) is 0 Å². The minimum atomic E-state index is -1.32. The van der Waals surface area contributed by atoms with Gasteiger partial charge in [-0.3, -0.25) is 4.79 Å². The van der Waals surface area contributed by atoms with Gasteiger partial charge >= 0.3 is 0 Å². The minimum Gasteiger partial charge on any atom is -0.336 e. The second-order valence-electron chi connectivity index (χ2n) is 5.23. The first-order valence-electron chi connectivity index (χ1n) is 7.20. The Bertz CT molecular complexity index is 570. The molecule has 114 valence electrons. The Morgan fingerprint density at radius 3 is 2.62 bits per heavy atom. The molecule has 2 aliphatic heterocycles. The smallest absolute Gasteiger partial charge is 0.292 e. The van der Waals surface area contributed by atoms with Gasteiger partial charge in [0.15, 0.2) is 0 Å². The summed E-state index contributed by atoms with van der Waals surface area (Å²) in [7, 11) is 0. The third-order valence-corrected chi connectivity index (χ3v) is 4.69. The highest BCUT2D eigenvalue weighted by molar-refractivity contribution is 6.44. The maximum Gasteiger partial charge on any atom is 0.292 e. The van der Waals surface area contributed by atoms with Gasteiger partial charge in [0.2, 0.25) is 0 Å². The van der Waals surface area contributed by atoms with Gasteiger partial charge in [-0.05, 0) is 18.6 Å². The van der Waals surface area contributed by atoms with E-state index in [9.17, 15) is 4.79 Å². The van der Waals surface area contributed by atoms with Crippen LogP contribution < -0.4 is 4.90 Å². The lowest BCUT2D eigenvalue weighted by atomic mass is 10.1. The standard InChI is InChI=1S/C15H17Cl2NO3/c1-2-3-4-7-18-13-10(5-6-11(16)12(13)17)15(14(18)19)20-8-9-21-15/h5-6H,2-4,7-9H2,1H3. The number of unbranched alkanes of at least 4 members (excludes halogenated alkanes) is 2. The topological polar surface area (TPSA) is 38.8 Å². The van der Waals surface area contributed by atoms with Crippen LogP contribution in [0.15, 0.2) is 12.1 Å². The number of fused-ring (bicyclic) bond motifs is 2. The fraction of sp³-hybridized carbons (Fsp3) is 0.533. The number of ether oxygens (including phenoxy) is 2. The maximum atomic E-state index is 12.8. The molecule has 1 aromatic carbocycles. The van der Waals surface area contributed by atoms with Gasteiger partial charge < -0.3 is 14.4 Å². The van der Waals surface area contributed by atoms with E-state index in [2.05, 4.69) is 6.92 Å². The van der Waals surface area contributed by atoms with Gasteiger partial charge in [-0.15, -0.1) is 0 Å². The molecule has 0 radical (unpaired) electrons. The van der Waals surface area contributed by atoms with Gasteiger partial charge in [-0.1, -0.05) is 43.0 Å². The van der Waals surface area contributed by atoms with Gasteiger partial charge in [0.05, 0.1) is 28.9 Å². The molecule has 4 nitrogen and oxygen atoms in total. The van der Waals surface area contributed by atoms with Gasteiger partial charge in [0.25, 0.3) is 11.7 Å². The predicted molar refractivity (Wildman–Crippen MR) is 81.9 cm³/mol. The van der Waals surface area contributed by atoms with Crippen LogP contribution in [-0.4, -0.2) is 25.7 Å². The van der Waals surface area contributed by atoms with Crippen molar-refractivity contribution < 1.29 is 14.3 Å². The fourth-order valence-electron chi connectivity index (χ4n) is 2.89. The van der Waals surface area contributed by atoms with E-state index in [0.29, 0.717) is 41.1 Å². The van der Waals surface area contributed by atoms with E-state index in [1.807, 2.05) is 0 Å². The SMILES string of the molecule is CCCCCN1C(=O)C2(OCCO2)c2ccc(Cl)c(Cl)c21. The summed E-state index contributed by atoms with van der Waals surface area (Å²) in [6.07, 6.45) is 3.03. The van der Waals surface area contributed by atoms with Gasteiger partial charge in [-0.2, -0.15) is 0 Å². The number of nitrogens with zero attached hydrogens (tertiary/aromatic N) is 1. The zero-order valence-corrected chi connectivity index (χ0v) is 13.3. The van der Waals surface area contributed by atoms with Crippen molar-refractivity contribution in [2.45, 2.75) is 32.0 Å². The van der Waals surface area contributed by atoms with E-state index in [-0.39, 0.29) is 5.91 Å². The molecule has 2 heterocycles. The van der Waals surface area contributed by atoms with Crippen LogP contribution in [-0.2, 0) is 20.1 Å². The molecule has 0 aromatic heterocycles. The van der Waals surface area contributed by atoms with E-state index in [1.165, 1.54) is 0 Å². The first-order chi connectivity index (χ1) is 10.1. The molecule has 1 spiro atoms. The molecule has 0 atom stereocenters. The van der Waals surface area contributed by atoms with Crippen LogP contribution in [0.5, 0.6) is 0 Å². The molecule has 0 saturated carbocycles. The molecule has 2 aliphatic rings. The fourth-order valence-corrected chi connectivity index (χ4v) is 3.31. The van der Waals surface area contributed by atoms with Gasteiger partial charge in [0, 0.05) is 12.1 Å². The summed E-state index contributed by atoms with van der Waals surface area (Å²) in [5, 5.41) is 0.814. The summed E-state index contributed by atoms with van der Waals surface area (Å²) in [6, 6.07) is 3.45. The summed E-state index contributed by atoms with van der Waals surface area (Å²) in [6.45, 7) is 3.50. The molecular weight excluding hydrogens is 313 g/mol. The van der Waals surface area contributed by atoms with Crippen LogP contribution in [0.25, 0.3) is 0 Å². The van der Waals surface area contributed by atoms with Gasteiger partial charge in [-0.25, -0.2) is 0 Å². The summed E-state index contributed by atoms with van der Waals surface area (Å²) in [5.74, 6) is -1.52. The van der Waals surface area contributed by atoms with Crippen molar-refractivity contribution in [3.05, 3.63) is 27.7 Å². The molecular formula is C15H17Cl2NO3. The number of hydrogen-bond donors (Lipinski definition) is 0. The monoisotopic (exact) mass is 329 g/mol. The largest absolute Gasteiger partial charge is 0.336 e. The number of carbonyl (C=O) groups is 1. The highest BCUT2D eigenvalue weighted by atomic mass is 35.5. The van der Waals surface area contributed by atoms with Crippen LogP contribution >= 0.6 is 23.2 Å². The van der Waals surface area contributed by atoms with E-state index >= 15 is 0 Å². The molecule has 0 aliphatic carbocycles. The quantitative estimate of drug-likeness (QED) is 0.790. The Morgan fingerprint density at radius 1 is 1.24 bits per heavy atom. The van der Waals surface area contributed by atoms with Crippen LogP contribution in [0.2, 0.25) is 10.0 Å². The summed E-state index contributed by atoms with van der Waals surface area (Å²) in [5.41, 5.74) is 1.29. The number of rotatable bonds is 4. The van der Waals surface area contributed by atoms with Crippen molar-refractivity contribution in [2.75, 3.05) is 24.7 Å². The first kappa shape index (κ1) is 15.1. The van der Waals surface area contributed by atoms with Crippen LogP contribution in [0.4, 0.5) is 5.69 Å². The minimum absolute atomic E-state index is 0.199. The molecule has 1 amide bonds. The molecule has 1 fully saturated rings. The molecule has 21 heavy (non-hydrogen) atoms. The third-order valence-electron chi connectivity index (χ3n) is 3.90. The van der Waals surface area contributed by atoms with Crippen molar-refractivity contribution in [3.8, 4) is 0 Å². The number of anilines is 1. The second kappa shape index (κ2) is 5.76. The molecule has 1 saturated heterocycles. The summed E-state index contributed by atoms with van der Waals surface area (Å²) in [4.78, 5) is 14.5. The lowest BCUT2D eigenvalue weighted by Gasteiger charge is -2.22. The van der Waals surface area contributed by atoms with Gasteiger partial charge in [0.1, 0.15) is 0 Å². The van der Waals surface area contributed by atoms with Crippen LogP contribution in [0, 0.1) is 0 Å². The number of halogens is 2. The zero-order valence-electron chi connectivity index (χ0n) is 11.8. The molecule has 1 aromatic rings. The Morgan fingerprint density at radius 2 is 1.95 bits per heavy atom. The molecule has 3 rings (SSSR count). The summed E-state index contributed by atoms with van der Waals surface area (Å²) < 4.78 is 11.3. The van der Waals surface area contributed by atoms with Crippen molar-refractivity contribution >= 4 is 34.8 Å². The lowest BCUT2D eigenvalue weighted by molar-refractivity contribution is -0.180. The Kier molecular flexibility index (Phi) is 4.14. The molecule has 6 heteroatoms. The second-order valence-corrected chi connectivity index (χ2v) is 6.02. The highest BCUT2D eigenvalue weighted by Crippen LogP contribution is 2.50. The average molecular weight is 330 g/mol. The van der Waals surface area contributed by atoms with Crippen molar-refractivity contribution in [3.63, 3.8) is 0 Å². The molecule has 0 unspecified atom stereocenters. The number of carbonyl (C=O) groups excluding carboxylic acids is 1. The number of benzene rings is 1. The van der Waals surface area contributed by atoms with Crippen molar-refractivity contribution in [1.29, 1.82) is 0 Å². The Labute approximate surface area is 133 Å². The average Bonchev–Trinajstić information content (AvgIpc) is 3.04. The van der Waals surface area contributed by atoms with E-state index in [1.54, 1.807) is 17.0 Å². The van der Waals surface area contributed by atoms with Crippen molar-refractivity contribution in [1.82, 2.24) is 0 Å². The normalized spacial score (nSPS) is 19.6. The lowest BCUT2D eigenvalue weighted by Crippen LogP contribution is -2.41. The van der Waals surface area contributed by atoms with E-state index in [0.717, 1.165) is 19.3 Å². The number of amides is 1. The maximum absolute atomic E-state index is 12.8. The first-order valence-corrected chi connectivity index (χ1v) is 7.95. The molecule has 0 N–H and O–H groups in total. The predicted octanol–water partition coefficient (Wildman–Crippen LogP) is 3.73. The van der Waals surface area contributed by atoms with Crippen molar-refractivity contribution in [2.24, 2.45) is 0 Å². The zero-order chi connectivity index (χ0) is 15.0.